The molecular weight excluding hydrogens is 852 g/mol. The molecule has 3 N–H and O–H groups in total. The summed E-state index contributed by atoms with van der Waals surface area (Å²) in [6.07, 6.45) is 63.9. The Hall–Kier alpha value is -1.28. The summed E-state index contributed by atoms with van der Waals surface area (Å²) in [5.41, 5.74) is 0. The number of nitrogens with one attached hydrogen (secondary N) is 1. The summed E-state index contributed by atoms with van der Waals surface area (Å²) in [4.78, 5) is 23.3. The van der Waals surface area contributed by atoms with Crippen molar-refractivity contribution in [3.05, 3.63) is 36.5 Å². The van der Waals surface area contributed by atoms with Crippen LogP contribution in [0.2, 0.25) is 0 Å². The van der Waals surface area contributed by atoms with Gasteiger partial charge in [-0.3, -0.25) is 13.8 Å². The van der Waals surface area contributed by atoms with Gasteiger partial charge in [-0.1, -0.05) is 249 Å². The van der Waals surface area contributed by atoms with E-state index < -0.39 is 20.0 Å². The summed E-state index contributed by atoms with van der Waals surface area (Å²) in [6.45, 7) is 4.83. The predicted molar refractivity (Wildman–Crippen MR) is 291 cm³/mol. The van der Waals surface area contributed by atoms with Crippen LogP contribution in [0.5, 0.6) is 0 Å². The number of nitrogens with zero attached hydrogens (tertiary/aromatic N) is 1. The highest BCUT2D eigenvalue weighted by molar-refractivity contribution is 7.47. The molecule has 0 aliphatic carbocycles. The maximum Gasteiger partial charge on any atom is 0.472 e. The first kappa shape index (κ1) is 65.7. The fourth-order valence-electron chi connectivity index (χ4n) is 8.53. The molecule has 0 aliphatic rings. The lowest BCUT2D eigenvalue weighted by atomic mass is 10.0. The number of quaternary nitrogens is 1. The van der Waals surface area contributed by atoms with Crippen molar-refractivity contribution in [3.63, 3.8) is 0 Å². The van der Waals surface area contributed by atoms with Crippen molar-refractivity contribution in [1.29, 1.82) is 0 Å². The molecule has 0 aromatic rings. The van der Waals surface area contributed by atoms with Crippen LogP contribution < -0.4 is 5.32 Å². The van der Waals surface area contributed by atoms with Gasteiger partial charge >= 0.3 is 7.82 Å². The Morgan fingerprint density at radius 3 is 1.19 bits per heavy atom. The van der Waals surface area contributed by atoms with Gasteiger partial charge in [-0.05, 0) is 57.8 Å². The zero-order valence-corrected chi connectivity index (χ0v) is 46.0. The van der Waals surface area contributed by atoms with Crippen LogP contribution in [-0.2, 0) is 18.4 Å². The van der Waals surface area contributed by atoms with Crippen molar-refractivity contribution >= 4 is 13.7 Å². The van der Waals surface area contributed by atoms with Crippen LogP contribution in [-0.4, -0.2) is 73.4 Å². The van der Waals surface area contributed by atoms with E-state index in [1.807, 2.05) is 27.2 Å². The van der Waals surface area contributed by atoms with Gasteiger partial charge in [0, 0.05) is 6.42 Å². The first-order chi connectivity index (χ1) is 32.5. The number of likely N-dealkylation sites (N-methyl/N-ethyl adjacent to an activating group) is 1. The smallest absolute Gasteiger partial charge is 0.387 e. The quantitative estimate of drug-likeness (QED) is 0.0243. The number of rotatable bonds is 53. The number of hydrogen-bond donors (Lipinski definition) is 3. The second-order valence-electron chi connectivity index (χ2n) is 21.0. The molecule has 0 radical (unpaired) electrons. The summed E-state index contributed by atoms with van der Waals surface area (Å²) in [6, 6.07) is -0.865. The van der Waals surface area contributed by atoms with Crippen molar-refractivity contribution in [2.75, 3.05) is 40.9 Å². The van der Waals surface area contributed by atoms with Crippen LogP contribution in [0, 0.1) is 0 Å². The topological polar surface area (TPSA) is 105 Å². The van der Waals surface area contributed by atoms with E-state index in [2.05, 4.69) is 43.5 Å². The van der Waals surface area contributed by atoms with Gasteiger partial charge in [-0.2, -0.15) is 0 Å². The Morgan fingerprint density at radius 1 is 0.493 bits per heavy atom. The molecule has 0 fully saturated rings. The summed E-state index contributed by atoms with van der Waals surface area (Å²) in [5, 5.41) is 13.9. The van der Waals surface area contributed by atoms with Crippen LogP contribution in [0.1, 0.15) is 277 Å². The van der Waals surface area contributed by atoms with Crippen molar-refractivity contribution < 1.29 is 32.9 Å². The lowest BCUT2D eigenvalue weighted by Crippen LogP contribution is -2.45. The Balaban J connectivity index is 4.26. The average Bonchev–Trinajstić information content (AvgIpc) is 3.29. The number of phosphoric acid groups is 1. The van der Waals surface area contributed by atoms with Crippen LogP contribution in [0.4, 0.5) is 0 Å². The number of carbonyl (C=O) groups excluding carboxylic acids is 1. The van der Waals surface area contributed by atoms with E-state index in [1.54, 1.807) is 6.08 Å². The lowest BCUT2D eigenvalue weighted by molar-refractivity contribution is -0.870. The molecule has 396 valence electrons. The van der Waals surface area contributed by atoms with Crippen LogP contribution in [0.3, 0.4) is 0 Å². The normalized spacial score (nSPS) is 14.2. The highest BCUT2D eigenvalue weighted by Crippen LogP contribution is 2.43. The Labute approximate surface area is 417 Å². The summed E-state index contributed by atoms with van der Waals surface area (Å²) in [5.74, 6) is -0.188. The van der Waals surface area contributed by atoms with Crippen LogP contribution in [0.25, 0.3) is 0 Å². The third kappa shape index (κ3) is 52.4. The standard InChI is InChI=1S/C58H113N2O6P/c1-6-8-10-12-14-16-18-20-22-24-26-28-29-30-31-32-33-35-37-39-41-43-45-47-49-51-57(61)56(55-66-67(63,64)65-54-53-60(3,4)5)59-58(62)52-50-48-46-44-42-40-38-36-34-27-25-23-21-19-17-15-13-11-9-7-2/h27,34,41,43,49,51,56-57,61H,6-26,28-33,35-40,42,44-48,50,52-55H2,1-5H3,(H-,59,62,63,64)/p+1/b34-27-,43-41+,51-49+. The molecule has 9 heteroatoms. The van der Waals surface area contributed by atoms with Gasteiger partial charge in [0.05, 0.1) is 39.9 Å². The molecule has 0 aliphatic heterocycles. The molecular formula is C58H114N2O6P+. The van der Waals surface area contributed by atoms with Crippen LogP contribution in [0.15, 0.2) is 36.5 Å². The molecule has 1 amide bonds. The number of carbonyl (C=O) groups is 1. The number of phosphoric ester groups is 1. The number of hydrogen-bond acceptors (Lipinski definition) is 5. The molecule has 3 unspecified atom stereocenters. The van der Waals surface area contributed by atoms with Gasteiger partial charge in [0.15, 0.2) is 0 Å². The Bertz CT molecular complexity index is 1190. The molecule has 0 saturated carbocycles. The fraction of sp³-hybridized carbons (Fsp3) is 0.879. The van der Waals surface area contributed by atoms with Gasteiger partial charge < -0.3 is 19.8 Å². The Morgan fingerprint density at radius 2 is 0.821 bits per heavy atom. The van der Waals surface area contributed by atoms with E-state index in [9.17, 15) is 19.4 Å². The summed E-state index contributed by atoms with van der Waals surface area (Å²) in [7, 11) is 1.56. The zero-order chi connectivity index (χ0) is 49.2. The number of amides is 1. The third-order valence-corrected chi connectivity index (χ3v) is 14.1. The molecule has 8 nitrogen and oxygen atoms in total. The third-order valence-electron chi connectivity index (χ3n) is 13.1. The number of unbranched alkanes of at least 4 members (excludes halogenated alkanes) is 36. The van der Waals surface area contributed by atoms with Crippen molar-refractivity contribution in [2.45, 2.75) is 289 Å². The largest absolute Gasteiger partial charge is 0.472 e. The monoisotopic (exact) mass is 966 g/mol. The van der Waals surface area contributed by atoms with Crippen molar-refractivity contribution in [2.24, 2.45) is 0 Å². The van der Waals surface area contributed by atoms with E-state index in [1.165, 1.54) is 218 Å². The van der Waals surface area contributed by atoms with Crippen LogP contribution >= 0.6 is 7.82 Å². The minimum absolute atomic E-state index is 0.0559. The molecule has 3 atom stereocenters. The number of aliphatic hydroxyl groups is 1. The molecule has 0 heterocycles. The summed E-state index contributed by atoms with van der Waals surface area (Å²) < 4.78 is 23.7. The minimum Gasteiger partial charge on any atom is -0.387 e. The second-order valence-corrected chi connectivity index (χ2v) is 22.5. The van der Waals surface area contributed by atoms with E-state index >= 15 is 0 Å². The van der Waals surface area contributed by atoms with Gasteiger partial charge in [0.25, 0.3) is 0 Å². The highest BCUT2D eigenvalue weighted by Gasteiger charge is 2.27. The van der Waals surface area contributed by atoms with E-state index in [0.717, 1.165) is 38.5 Å². The number of allylic oxidation sites excluding steroid dienone is 5. The van der Waals surface area contributed by atoms with Crippen molar-refractivity contribution in [3.8, 4) is 0 Å². The second kappa shape index (κ2) is 49.7. The van der Waals surface area contributed by atoms with Gasteiger partial charge in [-0.15, -0.1) is 0 Å². The first-order valence-electron chi connectivity index (χ1n) is 28.9. The lowest BCUT2D eigenvalue weighted by Gasteiger charge is -2.25. The molecule has 0 aromatic carbocycles. The van der Waals surface area contributed by atoms with E-state index in [-0.39, 0.29) is 19.1 Å². The maximum atomic E-state index is 13.0. The average molecular weight is 967 g/mol. The molecule has 0 saturated heterocycles. The minimum atomic E-state index is -4.36. The predicted octanol–water partition coefficient (Wildman–Crippen LogP) is 17.4. The summed E-state index contributed by atoms with van der Waals surface area (Å²) >= 11 is 0. The fourth-order valence-corrected chi connectivity index (χ4v) is 9.26. The first-order valence-corrected chi connectivity index (χ1v) is 30.4. The zero-order valence-electron chi connectivity index (χ0n) is 45.2. The van der Waals surface area contributed by atoms with Gasteiger partial charge in [-0.25, -0.2) is 4.57 Å². The van der Waals surface area contributed by atoms with E-state index in [0.29, 0.717) is 17.4 Å². The molecule has 0 aromatic heterocycles. The molecule has 0 bridgehead atoms. The maximum absolute atomic E-state index is 13.0. The Kier molecular flexibility index (Phi) is 48.7. The highest BCUT2D eigenvalue weighted by atomic mass is 31.2. The van der Waals surface area contributed by atoms with Crippen molar-refractivity contribution in [1.82, 2.24) is 5.32 Å². The molecule has 0 spiro atoms. The molecule has 67 heavy (non-hydrogen) atoms. The van der Waals surface area contributed by atoms with E-state index in [4.69, 9.17) is 9.05 Å². The number of aliphatic hydroxyl groups excluding tert-OH is 1. The van der Waals surface area contributed by atoms with Gasteiger partial charge in [0.1, 0.15) is 13.2 Å². The SMILES string of the molecule is CCCCCCCCCCC/C=C\CCCCCCCCCC(=O)NC(COP(=O)(O)OCC[N+](C)(C)C)C(O)/C=C/CC/C=C/CCCCCCCCCCCCCCCCCCCCC. The molecule has 0 rings (SSSR count). The van der Waals surface area contributed by atoms with Gasteiger partial charge in [0.2, 0.25) is 5.91 Å².